The van der Waals surface area contributed by atoms with Crippen LogP contribution in [0, 0.1) is 6.92 Å². The van der Waals surface area contributed by atoms with Crippen molar-refractivity contribution in [1.29, 1.82) is 0 Å². The van der Waals surface area contributed by atoms with Crippen molar-refractivity contribution in [1.82, 2.24) is 25.1 Å². The SMILES string of the molecule is Cc1nc(C(F)(F)F)c(-c2nc(-c3cccnc3)n[nH]2)s1. The van der Waals surface area contributed by atoms with Gasteiger partial charge in [0.25, 0.3) is 0 Å². The number of alkyl halides is 3. The third kappa shape index (κ3) is 2.64. The molecule has 108 valence electrons. The molecule has 0 aromatic carbocycles. The molecular formula is C12H8F3N5S. The number of nitrogens with one attached hydrogen (secondary N) is 1. The van der Waals surface area contributed by atoms with Crippen LogP contribution >= 0.6 is 11.3 Å². The summed E-state index contributed by atoms with van der Waals surface area (Å²) in [4.78, 5) is 11.5. The lowest BCUT2D eigenvalue weighted by Crippen LogP contribution is -2.07. The number of nitrogens with zero attached hydrogens (tertiary/aromatic N) is 4. The third-order valence-electron chi connectivity index (χ3n) is 2.62. The Morgan fingerprint density at radius 1 is 1.24 bits per heavy atom. The van der Waals surface area contributed by atoms with Crippen LogP contribution in [0.4, 0.5) is 13.2 Å². The van der Waals surface area contributed by atoms with Gasteiger partial charge < -0.3 is 0 Å². The lowest BCUT2D eigenvalue weighted by atomic mass is 10.3. The van der Waals surface area contributed by atoms with Crippen LogP contribution in [0.3, 0.4) is 0 Å². The van der Waals surface area contributed by atoms with Gasteiger partial charge in [-0.2, -0.15) is 18.3 Å². The van der Waals surface area contributed by atoms with E-state index in [2.05, 4.69) is 25.1 Å². The summed E-state index contributed by atoms with van der Waals surface area (Å²) in [5.41, 5.74) is -0.325. The molecule has 0 aliphatic carbocycles. The number of aryl methyl sites for hydroxylation is 1. The van der Waals surface area contributed by atoms with E-state index in [-0.39, 0.29) is 16.5 Å². The summed E-state index contributed by atoms with van der Waals surface area (Å²) in [5, 5.41) is 6.77. The number of pyridine rings is 1. The molecule has 3 aromatic heterocycles. The van der Waals surface area contributed by atoms with Gasteiger partial charge in [-0.15, -0.1) is 11.3 Å². The summed E-state index contributed by atoms with van der Waals surface area (Å²) in [7, 11) is 0. The van der Waals surface area contributed by atoms with Gasteiger partial charge in [-0.1, -0.05) is 0 Å². The van der Waals surface area contributed by atoms with E-state index in [1.54, 1.807) is 18.3 Å². The lowest BCUT2D eigenvalue weighted by molar-refractivity contribution is -0.140. The van der Waals surface area contributed by atoms with Crippen molar-refractivity contribution in [2.45, 2.75) is 13.1 Å². The van der Waals surface area contributed by atoms with Crippen molar-refractivity contribution in [3.8, 4) is 22.1 Å². The Morgan fingerprint density at radius 3 is 2.71 bits per heavy atom. The van der Waals surface area contributed by atoms with Crippen LogP contribution in [-0.2, 0) is 6.18 Å². The van der Waals surface area contributed by atoms with Crippen molar-refractivity contribution >= 4 is 11.3 Å². The van der Waals surface area contributed by atoms with Crippen molar-refractivity contribution in [3.05, 3.63) is 35.2 Å². The average molecular weight is 311 g/mol. The van der Waals surface area contributed by atoms with Crippen molar-refractivity contribution < 1.29 is 13.2 Å². The monoisotopic (exact) mass is 311 g/mol. The first-order valence-corrected chi connectivity index (χ1v) is 6.64. The van der Waals surface area contributed by atoms with Crippen LogP contribution in [0.1, 0.15) is 10.7 Å². The van der Waals surface area contributed by atoms with Crippen LogP contribution in [0.5, 0.6) is 0 Å². The summed E-state index contributed by atoms with van der Waals surface area (Å²) in [6, 6.07) is 3.42. The molecule has 0 bridgehead atoms. The number of rotatable bonds is 2. The van der Waals surface area contributed by atoms with Crippen molar-refractivity contribution in [2.75, 3.05) is 0 Å². The third-order valence-corrected chi connectivity index (χ3v) is 3.60. The first kappa shape index (κ1) is 13.7. The van der Waals surface area contributed by atoms with E-state index in [4.69, 9.17) is 0 Å². The molecule has 0 spiro atoms. The molecule has 21 heavy (non-hydrogen) atoms. The maximum Gasteiger partial charge on any atom is 0.434 e. The van der Waals surface area contributed by atoms with Gasteiger partial charge in [0, 0.05) is 18.0 Å². The normalized spacial score (nSPS) is 11.8. The number of hydrogen-bond donors (Lipinski definition) is 1. The Hall–Kier alpha value is -2.29. The van der Waals surface area contributed by atoms with Gasteiger partial charge in [0.15, 0.2) is 17.3 Å². The average Bonchev–Trinajstić information content (AvgIpc) is 3.05. The van der Waals surface area contributed by atoms with Gasteiger partial charge in [0.1, 0.15) is 4.88 Å². The molecule has 3 heterocycles. The molecule has 0 radical (unpaired) electrons. The summed E-state index contributed by atoms with van der Waals surface area (Å²) in [5.74, 6) is 0.337. The van der Waals surface area contributed by atoms with Crippen LogP contribution < -0.4 is 0 Å². The van der Waals surface area contributed by atoms with Crippen molar-refractivity contribution in [2.24, 2.45) is 0 Å². The molecule has 0 amide bonds. The topological polar surface area (TPSA) is 67.3 Å². The predicted octanol–water partition coefficient (Wildman–Crippen LogP) is 3.32. The number of aromatic nitrogens is 5. The van der Waals surface area contributed by atoms with E-state index in [1.807, 2.05) is 0 Å². The standard InChI is InChI=1S/C12H8F3N5S/c1-6-17-9(12(13,14)15)8(21-6)11-18-10(19-20-11)7-3-2-4-16-5-7/h2-5H,1H3,(H,18,19,20). The molecule has 5 nitrogen and oxygen atoms in total. The number of H-pyrrole nitrogens is 1. The van der Waals surface area contributed by atoms with Gasteiger partial charge >= 0.3 is 6.18 Å². The Kier molecular flexibility index (Phi) is 3.20. The number of thiazole rings is 1. The maximum atomic E-state index is 12.9. The minimum atomic E-state index is -4.53. The fourth-order valence-electron chi connectivity index (χ4n) is 1.77. The Morgan fingerprint density at radius 2 is 2.05 bits per heavy atom. The summed E-state index contributed by atoms with van der Waals surface area (Å²) < 4.78 is 38.8. The Balaban J connectivity index is 2.05. The number of hydrogen-bond acceptors (Lipinski definition) is 5. The quantitative estimate of drug-likeness (QED) is 0.788. The summed E-state index contributed by atoms with van der Waals surface area (Å²) in [6.45, 7) is 1.52. The smallest absolute Gasteiger partial charge is 0.264 e. The van der Waals surface area contributed by atoms with E-state index in [0.29, 0.717) is 10.6 Å². The molecule has 1 N–H and O–H groups in total. The first-order chi connectivity index (χ1) is 9.95. The number of halogens is 3. The molecule has 0 aliphatic rings. The van der Waals surface area contributed by atoms with E-state index >= 15 is 0 Å². The van der Waals surface area contributed by atoms with Crippen LogP contribution in [0.2, 0.25) is 0 Å². The molecule has 3 rings (SSSR count). The highest BCUT2D eigenvalue weighted by Gasteiger charge is 2.38. The van der Waals surface area contributed by atoms with E-state index < -0.39 is 11.9 Å². The predicted molar refractivity (Wildman–Crippen MR) is 70.5 cm³/mol. The minimum absolute atomic E-state index is 0.0479. The van der Waals surface area contributed by atoms with E-state index in [0.717, 1.165) is 11.3 Å². The number of aromatic amines is 1. The molecule has 9 heteroatoms. The molecule has 0 unspecified atom stereocenters. The van der Waals surface area contributed by atoms with Gasteiger partial charge in [0.2, 0.25) is 0 Å². The molecule has 0 saturated heterocycles. The maximum absolute atomic E-state index is 12.9. The molecule has 0 atom stereocenters. The van der Waals surface area contributed by atoms with Gasteiger partial charge in [-0.25, -0.2) is 9.97 Å². The summed E-state index contributed by atoms with van der Waals surface area (Å²) in [6.07, 6.45) is -1.40. The first-order valence-electron chi connectivity index (χ1n) is 5.83. The highest BCUT2D eigenvalue weighted by molar-refractivity contribution is 7.15. The fourth-order valence-corrected chi connectivity index (χ4v) is 2.65. The largest absolute Gasteiger partial charge is 0.434 e. The summed E-state index contributed by atoms with van der Waals surface area (Å²) >= 11 is 0.922. The second kappa shape index (κ2) is 4.92. The highest BCUT2D eigenvalue weighted by atomic mass is 32.1. The second-order valence-electron chi connectivity index (χ2n) is 4.16. The zero-order chi connectivity index (χ0) is 15.0. The minimum Gasteiger partial charge on any atom is -0.264 e. The van der Waals surface area contributed by atoms with Crippen LogP contribution in [0.15, 0.2) is 24.5 Å². The van der Waals surface area contributed by atoms with Gasteiger partial charge in [-0.3, -0.25) is 10.1 Å². The zero-order valence-electron chi connectivity index (χ0n) is 10.6. The molecule has 3 aromatic rings. The second-order valence-corrected chi connectivity index (χ2v) is 5.36. The van der Waals surface area contributed by atoms with E-state index in [9.17, 15) is 13.2 Å². The van der Waals surface area contributed by atoms with Crippen LogP contribution in [-0.4, -0.2) is 25.1 Å². The van der Waals surface area contributed by atoms with Gasteiger partial charge in [-0.05, 0) is 19.1 Å². The zero-order valence-corrected chi connectivity index (χ0v) is 11.5. The molecule has 0 fully saturated rings. The fraction of sp³-hybridized carbons (Fsp3) is 0.167. The van der Waals surface area contributed by atoms with Crippen molar-refractivity contribution in [3.63, 3.8) is 0 Å². The molecular weight excluding hydrogens is 303 g/mol. The van der Waals surface area contributed by atoms with Crippen LogP contribution in [0.25, 0.3) is 22.1 Å². The molecule has 0 saturated carbocycles. The van der Waals surface area contributed by atoms with E-state index in [1.165, 1.54) is 13.1 Å². The highest BCUT2D eigenvalue weighted by Crippen LogP contribution is 2.39. The Bertz CT molecular complexity index is 763. The lowest BCUT2D eigenvalue weighted by Gasteiger charge is -2.03. The Labute approximate surface area is 120 Å². The van der Waals surface area contributed by atoms with Gasteiger partial charge in [0.05, 0.1) is 5.01 Å². The molecule has 0 aliphatic heterocycles.